The second kappa shape index (κ2) is 5.47. The van der Waals surface area contributed by atoms with Crippen LogP contribution in [-0.2, 0) is 12.0 Å². The maximum atomic E-state index is 13.3. The van der Waals surface area contributed by atoms with Crippen LogP contribution in [0, 0.1) is 5.82 Å². The Kier molecular flexibility index (Phi) is 3.42. The van der Waals surface area contributed by atoms with Crippen molar-refractivity contribution < 1.29 is 8.81 Å². The summed E-state index contributed by atoms with van der Waals surface area (Å²) in [5.41, 5.74) is 0.427. The molecule has 0 N–H and O–H groups in total. The van der Waals surface area contributed by atoms with Gasteiger partial charge in [0.15, 0.2) is 0 Å². The van der Waals surface area contributed by atoms with Gasteiger partial charge in [0, 0.05) is 25.2 Å². The topological polar surface area (TPSA) is 67.9 Å². The first-order valence-corrected chi connectivity index (χ1v) is 7.98. The van der Waals surface area contributed by atoms with E-state index in [0.29, 0.717) is 17.3 Å². The smallest absolute Gasteiger partial charge is 0.247 e. The van der Waals surface area contributed by atoms with Crippen molar-refractivity contribution in [3.63, 3.8) is 0 Å². The molecule has 3 aromatic rings. The van der Waals surface area contributed by atoms with E-state index in [-0.39, 0.29) is 11.2 Å². The summed E-state index contributed by atoms with van der Waals surface area (Å²) in [5.74, 6) is 0.628. The Labute approximate surface area is 136 Å². The van der Waals surface area contributed by atoms with Crippen LogP contribution in [0.2, 0.25) is 0 Å². The molecule has 2 aromatic heterocycles. The Hall–Kier alpha value is -2.19. The number of halogens is 1. The van der Waals surface area contributed by atoms with Gasteiger partial charge in [0.1, 0.15) is 5.82 Å². The van der Waals surface area contributed by atoms with Crippen LogP contribution in [0.25, 0.3) is 11.5 Å². The van der Waals surface area contributed by atoms with Crippen molar-refractivity contribution in [2.45, 2.75) is 18.9 Å². The highest BCUT2D eigenvalue weighted by molar-refractivity contribution is 7.05. The number of hydrogen-bond acceptors (Lipinski definition) is 7. The van der Waals surface area contributed by atoms with Crippen LogP contribution in [0.4, 0.5) is 4.39 Å². The molecule has 8 heteroatoms. The third kappa shape index (κ3) is 2.75. The fourth-order valence-corrected chi connectivity index (χ4v) is 3.40. The molecule has 118 valence electrons. The van der Waals surface area contributed by atoms with E-state index in [9.17, 15) is 4.39 Å². The van der Waals surface area contributed by atoms with Crippen LogP contribution in [0.15, 0.2) is 34.9 Å². The Balaban J connectivity index is 1.47. The number of nitrogens with zero attached hydrogens (tertiary/aromatic N) is 5. The standard InChI is InChI=1S/C15H14FN5OS/c1-15(8-21(9-15)7-12-6-17-20-23-12)14-19-18-13(22-14)10-3-2-4-11(16)5-10/h2-6H,7-9H2,1H3. The molecular weight excluding hydrogens is 317 g/mol. The molecule has 0 saturated carbocycles. The molecule has 3 heterocycles. The zero-order valence-corrected chi connectivity index (χ0v) is 13.3. The van der Waals surface area contributed by atoms with Crippen LogP contribution < -0.4 is 0 Å². The lowest BCUT2D eigenvalue weighted by Crippen LogP contribution is -2.57. The van der Waals surface area contributed by atoms with E-state index in [1.807, 2.05) is 0 Å². The highest BCUT2D eigenvalue weighted by atomic mass is 32.1. The van der Waals surface area contributed by atoms with E-state index in [1.165, 1.54) is 23.7 Å². The molecule has 1 aromatic carbocycles. The normalized spacial score (nSPS) is 17.1. The van der Waals surface area contributed by atoms with Crippen molar-refractivity contribution in [2.24, 2.45) is 0 Å². The van der Waals surface area contributed by atoms with Crippen molar-refractivity contribution in [3.05, 3.63) is 47.0 Å². The third-order valence-electron chi connectivity index (χ3n) is 3.94. The Morgan fingerprint density at radius 1 is 1.35 bits per heavy atom. The molecular formula is C15H14FN5OS. The summed E-state index contributed by atoms with van der Waals surface area (Å²) in [4.78, 5) is 3.42. The summed E-state index contributed by atoms with van der Waals surface area (Å²) in [5, 5.41) is 12.1. The van der Waals surface area contributed by atoms with E-state index in [2.05, 4.69) is 31.6 Å². The summed E-state index contributed by atoms with van der Waals surface area (Å²) < 4.78 is 22.9. The van der Waals surface area contributed by atoms with Crippen LogP contribution in [0.3, 0.4) is 0 Å². The van der Waals surface area contributed by atoms with Gasteiger partial charge in [0.25, 0.3) is 0 Å². The number of likely N-dealkylation sites (tertiary alicyclic amines) is 1. The van der Waals surface area contributed by atoms with Gasteiger partial charge >= 0.3 is 0 Å². The maximum Gasteiger partial charge on any atom is 0.247 e. The van der Waals surface area contributed by atoms with Gasteiger partial charge in [-0.25, -0.2) is 4.39 Å². The lowest BCUT2D eigenvalue weighted by molar-refractivity contribution is 0.0521. The fourth-order valence-electron chi connectivity index (χ4n) is 2.87. The van der Waals surface area contributed by atoms with Gasteiger partial charge in [-0.05, 0) is 36.7 Å². The van der Waals surface area contributed by atoms with Gasteiger partial charge in [-0.3, -0.25) is 4.90 Å². The monoisotopic (exact) mass is 331 g/mol. The van der Waals surface area contributed by atoms with Gasteiger partial charge < -0.3 is 4.42 Å². The molecule has 0 amide bonds. The van der Waals surface area contributed by atoms with Crippen molar-refractivity contribution >= 4 is 11.5 Å². The average Bonchev–Trinajstić information content (AvgIpc) is 3.17. The molecule has 0 aliphatic carbocycles. The predicted octanol–water partition coefficient (Wildman–Crippen LogP) is 2.50. The zero-order valence-electron chi connectivity index (χ0n) is 12.4. The second-order valence-electron chi connectivity index (χ2n) is 6.01. The van der Waals surface area contributed by atoms with E-state index in [4.69, 9.17) is 4.42 Å². The van der Waals surface area contributed by atoms with E-state index < -0.39 is 0 Å². The van der Waals surface area contributed by atoms with Crippen LogP contribution in [0.1, 0.15) is 17.7 Å². The van der Waals surface area contributed by atoms with Crippen molar-refractivity contribution in [2.75, 3.05) is 13.1 Å². The van der Waals surface area contributed by atoms with Gasteiger partial charge in [-0.15, -0.1) is 15.3 Å². The summed E-state index contributed by atoms with van der Waals surface area (Å²) in [6.45, 7) is 4.58. The molecule has 23 heavy (non-hydrogen) atoms. The fraction of sp³-hybridized carbons (Fsp3) is 0.333. The van der Waals surface area contributed by atoms with Crippen LogP contribution >= 0.6 is 11.5 Å². The SMILES string of the molecule is CC1(c2nnc(-c3cccc(F)c3)o2)CN(Cc2cnns2)C1. The quantitative estimate of drug-likeness (QED) is 0.732. The molecule has 0 unspecified atom stereocenters. The molecule has 1 aliphatic rings. The lowest BCUT2D eigenvalue weighted by atomic mass is 9.82. The Morgan fingerprint density at radius 3 is 2.96 bits per heavy atom. The Bertz CT molecular complexity index is 813. The highest BCUT2D eigenvalue weighted by Gasteiger charge is 2.44. The van der Waals surface area contributed by atoms with Crippen molar-refractivity contribution in [1.29, 1.82) is 0 Å². The van der Waals surface area contributed by atoms with Gasteiger partial charge in [-0.2, -0.15) is 0 Å². The zero-order chi connectivity index (χ0) is 15.9. The van der Waals surface area contributed by atoms with Gasteiger partial charge in [0.05, 0.1) is 16.5 Å². The number of benzene rings is 1. The third-order valence-corrected chi connectivity index (χ3v) is 4.59. The first-order valence-electron chi connectivity index (χ1n) is 7.21. The highest BCUT2D eigenvalue weighted by Crippen LogP contribution is 2.35. The molecule has 0 atom stereocenters. The molecule has 0 radical (unpaired) electrons. The van der Waals surface area contributed by atoms with Gasteiger partial charge in [-0.1, -0.05) is 10.6 Å². The number of hydrogen-bond donors (Lipinski definition) is 0. The molecule has 6 nitrogen and oxygen atoms in total. The molecule has 1 fully saturated rings. The summed E-state index contributed by atoms with van der Waals surface area (Å²) in [6, 6.07) is 6.17. The van der Waals surface area contributed by atoms with E-state index in [0.717, 1.165) is 24.5 Å². The minimum Gasteiger partial charge on any atom is -0.420 e. The summed E-state index contributed by atoms with van der Waals surface area (Å²) >= 11 is 1.41. The van der Waals surface area contributed by atoms with Crippen molar-refractivity contribution in [1.82, 2.24) is 24.7 Å². The minimum absolute atomic E-state index is 0.170. The minimum atomic E-state index is -0.318. The molecule has 1 saturated heterocycles. The predicted molar refractivity (Wildman–Crippen MR) is 82.2 cm³/mol. The molecule has 0 spiro atoms. The maximum absolute atomic E-state index is 13.3. The average molecular weight is 331 g/mol. The Morgan fingerprint density at radius 2 is 2.22 bits per heavy atom. The molecule has 4 rings (SSSR count). The summed E-state index contributed by atoms with van der Waals surface area (Å²) in [7, 11) is 0. The van der Waals surface area contributed by atoms with Crippen molar-refractivity contribution in [3.8, 4) is 11.5 Å². The molecule has 1 aliphatic heterocycles. The van der Waals surface area contributed by atoms with E-state index >= 15 is 0 Å². The number of aromatic nitrogens is 4. The van der Waals surface area contributed by atoms with Gasteiger partial charge in [0.2, 0.25) is 11.8 Å². The van der Waals surface area contributed by atoms with E-state index in [1.54, 1.807) is 18.3 Å². The first kappa shape index (κ1) is 14.4. The lowest BCUT2D eigenvalue weighted by Gasteiger charge is -2.45. The second-order valence-corrected chi connectivity index (χ2v) is 6.88. The largest absolute Gasteiger partial charge is 0.420 e. The van der Waals surface area contributed by atoms with Crippen LogP contribution in [-0.4, -0.2) is 37.8 Å². The first-order chi connectivity index (χ1) is 11.1. The van der Waals surface area contributed by atoms with Crippen LogP contribution in [0.5, 0.6) is 0 Å². The number of rotatable bonds is 4. The summed E-state index contributed by atoms with van der Waals surface area (Å²) in [6.07, 6.45) is 1.79. The molecule has 0 bridgehead atoms.